The Morgan fingerprint density at radius 1 is 1.19 bits per heavy atom. The predicted molar refractivity (Wildman–Crippen MR) is 125 cm³/mol. The second kappa shape index (κ2) is 8.33. The molecule has 2 fully saturated rings. The molecule has 4 aliphatic rings. The lowest BCUT2D eigenvalue weighted by Gasteiger charge is -2.34. The van der Waals surface area contributed by atoms with Crippen molar-refractivity contribution in [3.63, 3.8) is 0 Å². The van der Waals surface area contributed by atoms with Gasteiger partial charge in [-0.25, -0.2) is 14.2 Å². The van der Waals surface area contributed by atoms with E-state index in [2.05, 4.69) is 20.9 Å². The molecule has 2 aromatic rings. The quantitative estimate of drug-likeness (QED) is 0.501. The number of ether oxygens (including phenoxy) is 2. The van der Waals surface area contributed by atoms with Crippen LogP contribution in [-0.2, 0) is 17.8 Å². The molecule has 0 bridgehead atoms. The van der Waals surface area contributed by atoms with Gasteiger partial charge in [0, 0.05) is 39.1 Å². The van der Waals surface area contributed by atoms with Gasteiger partial charge in [-0.15, -0.1) is 0 Å². The summed E-state index contributed by atoms with van der Waals surface area (Å²) in [5.41, 5.74) is -0.495. The van der Waals surface area contributed by atoms with Crippen molar-refractivity contribution in [2.24, 2.45) is 0 Å². The standard InChI is InChI=1S/C24H25FN6O5/c1-35-16-3-2-13-11-31(21(32)19(13)20(16)25)12-24(22(33)28-23(34)29-24)17-10-14-15(36-17)4-5-18(27-14)30-8-6-26-7-9-30/h2-5,17,26H,6-12H2,1H3,(H2,28,29,33,34). The zero-order valence-corrected chi connectivity index (χ0v) is 19.6. The van der Waals surface area contributed by atoms with Crippen molar-refractivity contribution in [2.45, 2.75) is 24.6 Å². The molecule has 3 N–H and O–H groups in total. The lowest BCUT2D eigenvalue weighted by atomic mass is 9.89. The van der Waals surface area contributed by atoms with E-state index in [4.69, 9.17) is 14.5 Å². The van der Waals surface area contributed by atoms with E-state index < -0.39 is 35.3 Å². The Labute approximate surface area is 205 Å². The first-order valence-electron chi connectivity index (χ1n) is 11.8. The van der Waals surface area contributed by atoms with Crippen LogP contribution in [0.15, 0.2) is 24.3 Å². The molecule has 4 aliphatic heterocycles. The van der Waals surface area contributed by atoms with Gasteiger partial charge in [-0.1, -0.05) is 6.07 Å². The van der Waals surface area contributed by atoms with E-state index in [1.165, 1.54) is 18.1 Å². The monoisotopic (exact) mass is 496 g/mol. The number of amides is 4. The molecule has 0 aliphatic carbocycles. The van der Waals surface area contributed by atoms with E-state index in [0.29, 0.717) is 17.0 Å². The topological polar surface area (TPSA) is 125 Å². The molecule has 5 heterocycles. The number of rotatable bonds is 5. The molecule has 188 valence electrons. The number of hydrogen-bond donors (Lipinski definition) is 3. The number of halogens is 1. The van der Waals surface area contributed by atoms with Crippen LogP contribution < -0.4 is 30.3 Å². The summed E-state index contributed by atoms with van der Waals surface area (Å²) < 4.78 is 26.0. The van der Waals surface area contributed by atoms with Crippen LogP contribution in [0, 0.1) is 5.82 Å². The number of carbonyl (C=O) groups is 3. The summed E-state index contributed by atoms with van der Waals surface area (Å²) in [5, 5.41) is 8.29. The number of methoxy groups -OCH3 is 1. The van der Waals surface area contributed by atoms with E-state index in [0.717, 1.165) is 32.0 Å². The van der Waals surface area contributed by atoms with Crippen LogP contribution in [0.4, 0.5) is 15.0 Å². The fourth-order valence-electron chi connectivity index (χ4n) is 5.37. The van der Waals surface area contributed by atoms with E-state index in [1.54, 1.807) is 6.07 Å². The van der Waals surface area contributed by atoms with Gasteiger partial charge in [-0.05, 0) is 23.8 Å². The number of anilines is 1. The molecule has 2 unspecified atom stereocenters. The molecule has 36 heavy (non-hydrogen) atoms. The highest BCUT2D eigenvalue weighted by Crippen LogP contribution is 2.37. The maximum absolute atomic E-state index is 14.9. The average molecular weight is 496 g/mol. The summed E-state index contributed by atoms with van der Waals surface area (Å²) in [5.74, 6) is -0.613. The lowest BCUT2D eigenvalue weighted by Crippen LogP contribution is -2.64. The number of fused-ring (bicyclic) bond motifs is 2. The zero-order valence-electron chi connectivity index (χ0n) is 19.6. The Hall–Kier alpha value is -3.93. The van der Waals surface area contributed by atoms with Crippen LogP contribution in [0.25, 0.3) is 0 Å². The van der Waals surface area contributed by atoms with Crippen molar-refractivity contribution in [2.75, 3.05) is 44.7 Å². The Bertz CT molecular complexity index is 1280. The highest BCUT2D eigenvalue weighted by Gasteiger charge is 2.57. The number of imide groups is 1. The van der Waals surface area contributed by atoms with E-state index in [9.17, 15) is 18.8 Å². The van der Waals surface area contributed by atoms with Gasteiger partial charge < -0.3 is 29.9 Å². The number of benzene rings is 1. The van der Waals surface area contributed by atoms with Crippen LogP contribution in [-0.4, -0.2) is 79.2 Å². The third-order valence-electron chi connectivity index (χ3n) is 7.24. The Kier molecular flexibility index (Phi) is 5.21. The highest BCUT2D eigenvalue weighted by molar-refractivity contribution is 6.08. The first-order valence-corrected chi connectivity index (χ1v) is 11.8. The first-order chi connectivity index (χ1) is 17.4. The normalized spacial score (nSPS) is 24.8. The molecule has 4 amide bonds. The highest BCUT2D eigenvalue weighted by atomic mass is 19.1. The van der Waals surface area contributed by atoms with Gasteiger partial charge in [0.15, 0.2) is 17.1 Å². The van der Waals surface area contributed by atoms with Crippen LogP contribution in [0.3, 0.4) is 0 Å². The molecule has 0 radical (unpaired) electrons. The smallest absolute Gasteiger partial charge is 0.322 e. The molecular weight excluding hydrogens is 471 g/mol. The van der Waals surface area contributed by atoms with Gasteiger partial charge in [0.05, 0.1) is 24.9 Å². The SMILES string of the molecule is COc1ccc2c(c1F)C(=O)N(CC1(C3Cc4nc(N5CCNCC5)ccc4O3)NC(=O)NC1=O)C2. The van der Waals surface area contributed by atoms with Crippen LogP contribution in [0.2, 0.25) is 0 Å². The summed E-state index contributed by atoms with van der Waals surface area (Å²) in [6.45, 7) is 3.29. The average Bonchev–Trinajstić information content (AvgIpc) is 3.53. The van der Waals surface area contributed by atoms with Gasteiger partial charge in [0.1, 0.15) is 17.7 Å². The number of pyridine rings is 1. The second-order valence-electron chi connectivity index (χ2n) is 9.32. The summed E-state index contributed by atoms with van der Waals surface area (Å²) in [7, 11) is 1.33. The first kappa shape index (κ1) is 22.5. The maximum atomic E-state index is 14.9. The van der Waals surface area contributed by atoms with E-state index >= 15 is 0 Å². The lowest BCUT2D eigenvalue weighted by molar-refractivity contribution is -0.127. The number of carbonyl (C=O) groups excluding carboxylic acids is 3. The third kappa shape index (κ3) is 3.43. The Morgan fingerprint density at radius 3 is 2.72 bits per heavy atom. The fourth-order valence-corrected chi connectivity index (χ4v) is 5.37. The zero-order chi connectivity index (χ0) is 25.0. The summed E-state index contributed by atoms with van der Waals surface area (Å²) in [6, 6.07) is 6.11. The van der Waals surface area contributed by atoms with E-state index in [-0.39, 0.29) is 30.8 Å². The van der Waals surface area contributed by atoms with Gasteiger partial charge in [-0.3, -0.25) is 14.9 Å². The molecular formula is C24H25FN6O5. The van der Waals surface area contributed by atoms with Gasteiger partial charge >= 0.3 is 6.03 Å². The Morgan fingerprint density at radius 2 is 2.00 bits per heavy atom. The molecule has 12 heteroatoms. The molecule has 2 saturated heterocycles. The predicted octanol–water partition coefficient (Wildman–Crippen LogP) is 0.177. The van der Waals surface area contributed by atoms with Crippen LogP contribution in [0.1, 0.15) is 21.6 Å². The van der Waals surface area contributed by atoms with Crippen molar-refractivity contribution in [3.05, 3.63) is 46.9 Å². The summed E-state index contributed by atoms with van der Waals surface area (Å²) in [4.78, 5) is 46.9. The number of urea groups is 1. The van der Waals surface area contributed by atoms with Crippen molar-refractivity contribution < 1.29 is 28.2 Å². The molecule has 0 saturated carbocycles. The van der Waals surface area contributed by atoms with Crippen molar-refractivity contribution in [1.29, 1.82) is 0 Å². The van der Waals surface area contributed by atoms with Crippen LogP contribution in [0.5, 0.6) is 11.5 Å². The van der Waals surface area contributed by atoms with Crippen molar-refractivity contribution in [1.82, 2.24) is 25.8 Å². The minimum absolute atomic E-state index is 0.0356. The van der Waals surface area contributed by atoms with Gasteiger partial charge in [0.2, 0.25) is 0 Å². The fraction of sp³-hybridized carbons (Fsp3) is 0.417. The Balaban J connectivity index is 1.28. The summed E-state index contributed by atoms with van der Waals surface area (Å²) in [6.07, 6.45) is -0.541. The number of hydrogen-bond acceptors (Lipinski definition) is 8. The summed E-state index contributed by atoms with van der Waals surface area (Å²) >= 11 is 0. The second-order valence-corrected chi connectivity index (χ2v) is 9.32. The molecule has 0 spiro atoms. The molecule has 1 aromatic heterocycles. The molecule has 6 rings (SSSR count). The van der Waals surface area contributed by atoms with Gasteiger partial charge in [0.25, 0.3) is 11.8 Å². The minimum Gasteiger partial charge on any atom is -0.494 e. The number of piperazine rings is 1. The molecule has 2 atom stereocenters. The van der Waals surface area contributed by atoms with Crippen molar-refractivity contribution >= 4 is 23.7 Å². The number of nitrogens with one attached hydrogen (secondary N) is 3. The van der Waals surface area contributed by atoms with Gasteiger partial charge in [-0.2, -0.15) is 0 Å². The number of nitrogens with zero attached hydrogens (tertiary/aromatic N) is 3. The van der Waals surface area contributed by atoms with Crippen molar-refractivity contribution in [3.8, 4) is 11.5 Å². The largest absolute Gasteiger partial charge is 0.494 e. The molecule has 1 aromatic carbocycles. The number of aromatic nitrogens is 1. The third-order valence-corrected chi connectivity index (χ3v) is 7.24. The maximum Gasteiger partial charge on any atom is 0.322 e. The van der Waals surface area contributed by atoms with Crippen LogP contribution >= 0.6 is 0 Å². The molecule has 11 nitrogen and oxygen atoms in total. The van der Waals surface area contributed by atoms with E-state index in [1.807, 2.05) is 12.1 Å². The minimum atomic E-state index is -1.56.